The lowest BCUT2D eigenvalue weighted by atomic mass is 10.2. The molecule has 1 heterocycles. The van der Waals surface area contributed by atoms with E-state index in [1.807, 2.05) is 20.8 Å². The highest BCUT2D eigenvalue weighted by molar-refractivity contribution is 7.89. The number of hydrogen-bond donors (Lipinski definition) is 2. The average Bonchev–Trinajstić information content (AvgIpc) is 2.51. The highest BCUT2D eigenvalue weighted by Gasteiger charge is 2.25. The smallest absolute Gasteiger partial charge is 0.317 e. The van der Waals surface area contributed by atoms with Gasteiger partial charge in [-0.25, -0.2) is 17.9 Å². The molecule has 0 aliphatic carbocycles. The first-order chi connectivity index (χ1) is 11.3. The Morgan fingerprint density at radius 1 is 1.17 bits per heavy atom. The van der Waals surface area contributed by atoms with E-state index in [1.165, 1.54) is 0 Å². The van der Waals surface area contributed by atoms with Gasteiger partial charge in [-0.05, 0) is 32.9 Å². The minimum atomic E-state index is -3.55. The molecule has 1 fully saturated rings. The van der Waals surface area contributed by atoms with Gasteiger partial charge < -0.3 is 15.0 Å². The number of nitrogens with zero attached hydrogens (tertiary/aromatic N) is 1. The normalized spacial score (nSPS) is 21.5. The second kappa shape index (κ2) is 7.96. The zero-order valence-electron chi connectivity index (χ0n) is 14.3. The summed E-state index contributed by atoms with van der Waals surface area (Å²) in [6.45, 7) is 7.17. The number of sulfonamides is 1. The SMILES string of the molecule is Cc1ccc(S(=O)(=O)NCCNC(=O)N2C[C@@H](C)O[C@@H](C)C2)cc1. The van der Waals surface area contributed by atoms with Gasteiger partial charge in [-0.3, -0.25) is 0 Å². The Morgan fingerprint density at radius 2 is 1.75 bits per heavy atom. The summed E-state index contributed by atoms with van der Waals surface area (Å²) < 4.78 is 32.3. The number of aryl methyl sites for hydroxylation is 1. The molecular formula is C16H25N3O4S. The topological polar surface area (TPSA) is 87.7 Å². The van der Waals surface area contributed by atoms with Gasteiger partial charge in [0.2, 0.25) is 10.0 Å². The second-order valence-electron chi connectivity index (χ2n) is 6.11. The lowest BCUT2D eigenvalue weighted by molar-refractivity contribution is -0.0544. The van der Waals surface area contributed by atoms with Crippen molar-refractivity contribution in [3.63, 3.8) is 0 Å². The minimum absolute atomic E-state index is 0.000426. The maximum absolute atomic E-state index is 12.1. The van der Waals surface area contributed by atoms with Gasteiger partial charge >= 0.3 is 6.03 Å². The number of benzene rings is 1. The second-order valence-corrected chi connectivity index (χ2v) is 7.87. The predicted molar refractivity (Wildman–Crippen MR) is 91.3 cm³/mol. The van der Waals surface area contributed by atoms with Crippen LogP contribution in [0.2, 0.25) is 0 Å². The predicted octanol–water partition coefficient (Wildman–Crippen LogP) is 1.09. The van der Waals surface area contributed by atoms with Gasteiger partial charge in [0, 0.05) is 26.2 Å². The van der Waals surface area contributed by atoms with Crippen molar-refractivity contribution in [2.75, 3.05) is 26.2 Å². The van der Waals surface area contributed by atoms with Gasteiger partial charge in [-0.1, -0.05) is 17.7 Å². The number of carbonyl (C=O) groups is 1. The number of amides is 2. The molecule has 1 aromatic carbocycles. The van der Waals surface area contributed by atoms with Crippen molar-refractivity contribution < 1.29 is 17.9 Å². The van der Waals surface area contributed by atoms with Crippen molar-refractivity contribution in [3.05, 3.63) is 29.8 Å². The van der Waals surface area contributed by atoms with E-state index in [0.717, 1.165) is 5.56 Å². The van der Waals surface area contributed by atoms with Crippen LogP contribution in [0.15, 0.2) is 29.2 Å². The molecular weight excluding hydrogens is 330 g/mol. The Balaban J connectivity index is 1.77. The molecule has 7 nitrogen and oxygen atoms in total. The summed E-state index contributed by atoms with van der Waals surface area (Å²) in [5.41, 5.74) is 0.996. The first-order valence-electron chi connectivity index (χ1n) is 8.02. The summed E-state index contributed by atoms with van der Waals surface area (Å²) in [5.74, 6) is 0. The third-order valence-electron chi connectivity index (χ3n) is 3.73. The van der Waals surface area contributed by atoms with Crippen LogP contribution in [0.4, 0.5) is 4.79 Å². The van der Waals surface area contributed by atoms with E-state index in [-0.39, 0.29) is 36.2 Å². The minimum Gasteiger partial charge on any atom is -0.372 e. The number of nitrogens with one attached hydrogen (secondary N) is 2. The first-order valence-corrected chi connectivity index (χ1v) is 9.51. The third kappa shape index (κ3) is 5.19. The largest absolute Gasteiger partial charge is 0.372 e. The number of ether oxygens (including phenoxy) is 1. The molecule has 0 saturated carbocycles. The van der Waals surface area contributed by atoms with E-state index in [1.54, 1.807) is 29.2 Å². The lowest BCUT2D eigenvalue weighted by Gasteiger charge is -2.35. The van der Waals surface area contributed by atoms with Crippen LogP contribution in [0.3, 0.4) is 0 Å². The Kier molecular flexibility index (Phi) is 6.20. The van der Waals surface area contributed by atoms with Crippen molar-refractivity contribution in [3.8, 4) is 0 Å². The first kappa shape index (κ1) is 18.7. The van der Waals surface area contributed by atoms with Gasteiger partial charge in [-0.2, -0.15) is 0 Å². The summed E-state index contributed by atoms with van der Waals surface area (Å²) in [7, 11) is -3.55. The van der Waals surface area contributed by atoms with E-state index < -0.39 is 10.0 Å². The molecule has 2 atom stereocenters. The molecule has 0 aromatic heterocycles. The van der Waals surface area contributed by atoms with Crippen LogP contribution in [0, 0.1) is 6.92 Å². The van der Waals surface area contributed by atoms with Crippen molar-refractivity contribution in [1.82, 2.24) is 14.9 Å². The van der Waals surface area contributed by atoms with Gasteiger partial charge in [0.15, 0.2) is 0 Å². The fraction of sp³-hybridized carbons (Fsp3) is 0.562. The molecule has 24 heavy (non-hydrogen) atoms. The van der Waals surface area contributed by atoms with Crippen LogP contribution in [0.5, 0.6) is 0 Å². The summed E-state index contributed by atoms with van der Waals surface area (Å²) >= 11 is 0. The van der Waals surface area contributed by atoms with Crippen LogP contribution in [-0.2, 0) is 14.8 Å². The van der Waals surface area contributed by atoms with Gasteiger partial charge in [-0.15, -0.1) is 0 Å². The quantitative estimate of drug-likeness (QED) is 0.774. The molecule has 0 bridgehead atoms. The summed E-state index contributed by atoms with van der Waals surface area (Å²) in [6, 6.07) is 6.42. The van der Waals surface area contributed by atoms with Crippen molar-refractivity contribution in [1.29, 1.82) is 0 Å². The number of urea groups is 1. The van der Waals surface area contributed by atoms with E-state index in [0.29, 0.717) is 13.1 Å². The van der Waals surface area contributed by atoms with Crippen LogP contribution in [-0.4, -0.2) is 57.7 Å². The van der Waals surface area contributed by atoms with Gasteiger partial charge in [0.1, 0.15) is 0 Å². The molecule has 1 aromatic rings. The molecule has 2 amide bonds. The van der Waals surface area contributed by atoms with Crippen LogP contribution in [0.25, 0.3) is 0 Å². The van der Waals surface area contributed by atoms with E-state index >= 15 is 0 Å². The van der Waals surface area contributed by atoms with Crippen molar-refractivity contribution in [2.45, 2.75) is 37.9 Å². The van der Waals surface area contributed by atoms with E-state index in [4.69, 9.17) is 4.74 Å². The molecule has 0 unspecified atom stereocenters. The maximum Gasteiger partial charge on any atom is 0.317 e. The van der Waals surface area contributed by atoms with Crippen molar-refractivity contribution in [2.24, 2.45) is 0 Å². The monoisotopic (exact) mass is 355 g/mol. The number of hydrogen-bond acceptors (Lipinski definition) is 4. The Morgan fingerprint density at radius 3 is 2.33 bits per heavy atom. The van der Waals surface area contributed by atoms with Gasteiger partial charge in [0.05, 0.1) is 17.1 Å². The summed E-state index contributed by atoms with van der Waals surface area (Å²) in [4.78, 5) is 14.0. The highest BCUT2D eigenvalue weighted by Crippen LogP contribution is 2.11. The number of morpholine rings is 1. The molecule has 1 aliphatic rings. The van der Waals surface area contributed by atoms with Gasteiger partial charge in [0.25, 0.3) is 0 Å². The molecule has 2 rings (SSSR count). The van der Waals surface area contributed by atoms with Crippen LogP contribution >= 0.6 is 0 Å². The molecule has 134 valence electrons. The lowest BCUT2D eigenvalue weighted by Crippen LogP contribution is -2.52. The Labute approximate surface area is 143 Å². The number of rotatable bonds is 5. The molecule has 0 spiro atoms. The Bertz CT molecular complexity index is 650. The summed E-state index contributed by atoms with van der Waals surface area (Å²) in [6.07, 6.45) is -0.000852. The average molecular weight is 355 g/mol. The summed E-state index contributed by atoms with van der Waals surface area (Å²) in [5, 5.41) is 2.73. The third-order valence-corrected chi connectivity index (χ3v) is 5.21. The van der Waals surface area contributed by atoms with Crippen LogP contribution < -0.4 is 10.0 Å². The fourth-order valence-electron chi connectivity index (χ4n) is 2.61. The van der Waals surface area contributed by atoms with Crippen LogP contribution in [0.1, 0.15) is 19.4 Å². The van der Waals surface area contributed by atoms with E-state index in [2.05, 4.69) is 10.0 Å². The molecule has 0 radical (unpaired) electrons. The highest BCUT2D eigenvalue weighted by atomic mass is 32.2. The van der Waals surface area contributed by atoms with Crippen molar-refractivity contribution >= 4 is 16.1 Å². The maximum atomic E-state index is 12.1. The van der Waals surface area contributed by atoms with E-state index in [9.17, 15) is 13.2 Å². The zero-order valence-corrected chi connectivity index (χ0v) is 15.1. The standard InChI is InChI=1S/C16H25N3O4S/c1-12-4-6-15(7-5-12)24(21,22)18-9-8-17-16(20)19-10-13(2)23-14(3)11-19/h4-7,13-14,18H,8-11H2,1-3H3,(H,17,20)/t13-,14+. The molecule has 2 N–H and O–H groups in total. The molecule has 8 heteroatoms. The molecule has 1 saturated heterocycles. The zero-order chi connectivity index (χ0) is 17.7. The fourth-order valence-corrected chi connectivity index (χ4v) is 3.64. The Hall–Kier alpha value is -1.64. The molecule has 1 aliphatic heterocycles. The number of carbonyl (C=O) groups excluding carboxylic acids is 1.